The molecule has 0 aliphatic carbocycles. The summed E-state index contributed by atoms with van der Waals surface area (Å²) in [6.45, 7) is 3.80. The third-order valence-corrected chi connectivity index (χ3v) is 7.19. The Morgan fingerprint density at radius 2 is 1.59 bits per heavy atom. The highest BCUT2D eigenvalue weighted by Crippen LogP contribution is 2.29. The maximum absolute atomic E-state index is 12.6. The van der Waals surface area contributed by atoms with E-state index in [1.807, 2.05) is 12.1 Å². The molecule has 0 unspecified atom stereocenters. The van der Waals surface area contributed by atoms with Gasteiger partial charge in [-0.2, -0.15) is 20.1 Å². The molecule has 3 aromatic rings. The summed E-state index contributed by atoms with van der Waals surface area (Å²) < 4.78 is 11.9. The van der Waals surface area contributed by atoms with E-state index in [2.05, 4.69) is 52.9 Å². The lowest BCUT2D eigenvalue weighted by atomic mass is 10.2. The van der Waals surface area contributed by atoms with Gasteiger partial charge in [0.2, 0.25) is 17.8 Å². The summed E-state index contributed by atoms with van der Waals surface area (Å²) in [6, 6.07) is 12.5. The van der Waals surface area contributed by atoms with Crippen molar-refractivity contribution in [3.05, 3.63) is 57.2 Å². The Balaban J connectivity index is 1.30. The number of nitrogens with one attached hydrogen (secondary N) is 1. The van der Waals surface area contributed by atoms with Crippen molar-refractivity contribution in [1.29, 1.82) is 0 Å². The Kier molecular flexibility index (Phi) is 7.97. The molecule has 0 radical (unpaired) electrons. The van der Waals surface area contributed by atoms with E-state index in [1.165, 1.54) is 7.11 Å². The first-order chi connectivity index (χ1) is 18.1. The number of benzene rings is 2. The Morgan fingerprint density at radius 1 is 0.946 bits per heavy atom. The van der Waals surface area contributed by atoms with E-state index in [-0.39, 0.29) is 0 Å². The van der Waals surface area contributed by atoms with Gasteiger partial charge >= 0.3 is 5.97 Å². The van der Waals surface area contributed by atoms with Gasteiger partial charge in [-0.3, -0.25) is 0 Å². The van der Waals surface area contributed by atoms with Gasteiger partial charge in [-0.05, 0) is 84.2 Å². The van der Waals surface area contributed by atoms with E-state index < -0.39 is 5.97 Å². The number of aromatic nitrogens is 3. The number of esters is 1. The van der Waals surface area contributed by atoms with Crippen molar-refractivity contribution in [2.24, 2.45) is 5.10 Å². The molecule has 0 atom stereocenters. The largest absolute Gasteiger partial charge is 0.493 e. The number of anilines is 3. The minimum Gasteiger partial charge on any atom is -0.493 e. The van der Waals surface area contributed by atoms with E-state index in [4.69, 9.17) is 14.5 Å². The predicted molar refractivity (Wildman–Crippen MR) is 151 cm³/mol. The molecule has 2 fully saturated rings. The second-order valence-electron chi connectivity index (χ2n) is 8.80. The number of halogens is 1. The van der Waals surface area contributed by atoms with Crippen LogP contribution in [0, 0.1) is 3.57 Å². The first-order valence-electron chi connectivity index (χ1n) is 12.3. The van der Waals surface area contributed by atoms with Gasteiger partial charge in [-0.1, -0.05) is 12.1 Å². The summed E-state index contributed by atoms with van der Waals surface area (Å²) in [6.07, 6.45) is 6.21. The Labute approximate surface area is 229 Å². The van der Waals surface area contributed by atoms with Crippen LogP contribution >= 0.6 is 22.6 Å². The number of methoxy groups -OCH3 is 1. The third kappa shape index (κ3) is 6.09. The van der Waals surface area contributed by atoms with Crippen molar-refractivity contribution in [3.63, 3.8) is 0 Å². The second kappa shape index (κ2) is 11.7. The van der Waals surface area contributed by atoms with Crippen LogP contribution in [0.4, 0.5) is 17.8 Å². The van der Waals surface area contributed by atoms with Crippen LogP contribution in [0.5, 0.6) is 11.5 Å². The average molecular weight is 613 g/mol. The minimum atomic E-state index is -0.441. The average Bonchev–Trinajstić information content (AvgIpc) is 3.65. The van der Waals surface area contributed by atoms with Crippen LogP contribution in [0.3, 0.4) is 0 Å². The molecule has 3 heterocycles. The lowest BCUT2D eigenvalue weighted by Crippen LogP contribution is -2.25. The quantitative estimate of drug-likeness (QED) is 0.131. The highest BCUT2D eigenvalue weighted by atomic mass is 127. The fraction of sp³-hybridized carbons (Fsp3) is 0.346. The predicted octanol–water partition coefficient (Wildman–Crippen LogP) is 4.35. The van der Waals surface area contributed by atoms with E-state index in [9.17, 15) is 4.79 Å². The molecule has 0 bridgehead atoms. The Bertz CT molecular complexity index is 1260. The van der Waals surface area contributed by atoms with Crippen molar-refractivity contribution in [2.75, 3.05) is 48.5 Å². The number of hydrogen-bond acceptors (Lipinski definition) is 10. The molecular weight excluding hydrogens is 585 g/mol. The molecule has 10 nitrogen and oxygen atoms in total. The van der Waals surface area contributed by atoms with Gasteiger partial charge in [-0.15, -0.1) is 0 Å². The molecule has 0 amide bonds. The van der Waals surface area contributed by atoms with Crippen LogP contribution in [-0.2, 0) is 0 Å². The molecule has 2 aromatic carbocycles. The number of carbonyl (C=O) groups is 1. The zero-order valence-electron chi connectivity index (χ0n) is 20.6. The first kappa shape index (κ1) is 25.2. The van der Waals surface area contributed by atoms with Crippen molar-refractivity contribution >= 4 is 52.6 Å². The van der Waals surface area contributed by atoms with Gasteiger partial charge in [0, 0.05) is 29.7 Å². The maximum atomic E-state index is 12.6. The summed E-state index contributed by atoms with van der Waals surface area (Å²) in [5.74, 6) is 2.10. The van der Waals surface area contributed by atoms with Gasteiger partial charge in [0.25, 0.3) is 0 Å². The summed E-state index contributed by atoms with van der Waals surface area (Å²) in [5.41, 5.74) is 4.22. The summed E-state index contributed by atoms with van der Waals surface area (Å²) in [5, 5.41) is 4.34. The maximum Gasteiger partial charge on any atom is 0.344 e. The zero-order chi connectivity index (χ0) is 25.6. The van der Waals surface area contributed by atoms with Crippen LogP contribution in [0.15, 0.2) is 47.6 Å². The Hall–Kier alpha value is -3.48. The number of ether oxygens (including phenoxy) is 2. The second-order valence-corrected chi connectivity index (χ2v) is 9.96. The molecule has 2 aliphatic rings. The van der Waals surface area contributed by atoms with E-state index in [0.717, 1.165) is 61.0 Å². The molecule has 192 valence electrons. The van der Waals surface area contributed by atoms with Crippen LogP contribution in [0.25, 0.3) is 0 Å². The normalized spacial score (nSPS) is 15.4. The van der Waals surface area contributed by atoms with Crippen LogP contribution in [-0.4, -0.2) is 60.4 Å². The topological polar surface area (TPSA) is 105 Å². The van der Waals surface area contributed by atoms with Crippen LogP contribution in [0.2, 0.25) is 0 Å². The summed E-state index contributed by atoms with van der Waals surface area (Å²) >= 11 is 2.11. The van der Waals surface area contributed by atoms with Crippen molar-refractivity contribution in [1.82, 2.24) is 15.0 Å². The highest BCUT2D eigenvalue weighted by Gasteiger charge is 2.21. The van der Waals surface area contributed by atoms with Crippen molar-refractivity contribution < 1.29 is 14.3 Å². The summed E-state index contributed by atoms with van der Waals surface area (Å²) in [7, 11) is 1.53. The van der Waals surface area contributed by atoms with E-state index in [1.54, 1.807) is 36.5 Å². The van der Waals surface area contributed by atoms with Gasteiger partial charge in [-0.25, -0.2) is 10.2 Å². The smallest absolute Gasteiger partial charge is 0.344 e. The Morgan fingerprint density at radius 3 is 2.22 bits per heavy atom. The molecular formula is C26H28IN7O3. The van der Waals surface area contributed by atoms with Crippen LogP contribution in [0.1, 0.15) is 41.6 Å². The van der Waals surface area contributed by atoms with Crippen molar-refractivity contribution in [3.8, 4) is 11.5 Å². The third-order valence-electron chi connectivity index (χ3n) is 6.25. The van der Waals surface area contributed by atoms with Gasteiger partial charge in [0.1, 0.15) is 0 Å². The SMILES string of the molecule is COc1cc(C=NNc2nc(N3CCCC3)nc(N3CCCC3)n2)ccc1OC(=O)c1ccccc1I. The molecule has 1 aromatic heterocycles. The molecule has 11 heteroatoms. The van der Waals surface area contributed by atoms with Gasteiger partial charge in [0.15, 0.2) is 11.5 Å². The number of nitrogens with zero attached hydrogens (tertiary/aromatic N) is 6. The number of carbonyl (C=O) groups excluding carboxylic acids is 1. The lowest BCUT2D eigenvalue weighted by molar-refractivity contribution is 0.0728. The van der Waals surface area contributed by atoms with Crippen molar-refractivity contribution in [2.45, 2.75) is 25.7 Å². The molecule has 2 saturated heterocycles. The minimum absolute atomic E-state index is 0.334. The monoisotopic (exact) mass is 613 g/mol. The highest BCUT2D eigenvalue weighted by molar-refractivity contribution is 14.1. The number of rotatable bonds is 8. The van der Waals surface area contributed by atoms with E-state index >= 15 is 0 Å². The molecule has 1 N–H and O–H groups in total. The fourth-order valence-electron chi connectivity index (χ4n) is 4.32. The zero-order valence-corrected chi connectivity index (χ0v) is 22.7. The van der Waals surface area contributed by atoms with Gasteiger partial charge in [0.05, 0.1) is 18.9 Å². The number of hydrogen-bond donors (Lipinski definition) is 1. The van der Waals surface area contributed by atoms with Gasteiger partial charge < -0.3 is 19.3 Å². The fourth-order valence-corrected chi connectivity index (χ4v) is 4.92. The molecule has 37 heavy (non-hydrogen) atoms. The molecule has 5 rings (SSSR count). The van der Waals surface area contributed by atoms with Crippen LogP contribution < -0.4 is 24.7 Å². The molecule has 0 spiro atoms. The first-order valence-corrected chi connectivity index (χ1v) is 13.4. The molecule has 0 saturated carbocycles. The standard InChI is InChI=1S/C26H28IN7O3/c1-36-22-16-18(10-11-21(22)37-23(35)19-8-2-3-9-20(19)27)17-28-32-24-29-25(33-12-4-5-13-33)31-26(30-24)34-14-6-7-15-34/h2-3,8-11,16-17H,4-7,12-15H2,1H3,(H,29,30,31,32). The molecule has 2 aliphatic heterocycles. The number of hydrazone groups is 1. The lowest BCUT2D eigenvalue weighted by Gasteiger charge is -2.20. The van der Waals surface area contributed by atoms with E-state index in [0.29, 0.717) is 34.9 Å². The summed E-state index contributed by atoms with van der Waals surface area (Å²) in [4.78, 5) is 30.9.